The standard InChI is InChI=1S/C20H19FN4O/c21-16-4-2-15(3-5-16)17-6-7-18(17)20(26)24-19-8-1-14(11-23-19)12-25-10-9-22-13-25/h1-5,8-11,13,17-18H,6-7,12H2,(H,23,24,26). The zero-order valence-corrected chi connectivity index (χ0v) is 14.2. The Bertz CT molecular complexity index is 875. The second kappa shape index (κ2) is 7.07. The first-order valence-electron chi connectivity index (χ1n) is 8.66. The van der Waals surface area contributed by atoms with Crippen LogP contribution >= 0.6 is 0 Å². The minimum Gasteiger partial charge on any atom is -0.333 e. The van der Waals surface area contributed by atoms with Crippen molar-refractivity contribution in [2.24, 2.45) is 5.92 Å². The zero-order chi connectivity index (χ0) is 17.9. The monoisotopic (exact) mass is 350 g/mol. The topological polar surface area (TPSA) is 59.8 Å². The molecule has 2 heterocycles. The number of imidazole rings is 1. The van der Waals surface area contributed by atoms with Crippen molar-refractivity contribution >= 4 is 11.7 Å². The molecule has 1 fully saturated rings. The van der Waals surface area contributed by atoms with Crippen LogP contribution in [0, 0.1) is 11.7 Å². The number of benzene rings is 1. The molecule has 1 aliphatic carbocycles. The molecule has 1 aliphatic rings. The molecule has 0 radical (unpaired) electrons. The van der Waals surface area contributed by atoms with Gasteiger partial charge in [0.2, 0.25) is 5.91 Å². The number of aromatic nitrogens is 3. The predicted molar refractivity (Wildman–Crippen MR) is 96.1 cm³/mol. The molecule has 1 N–H and O–H groups in total. The lowest BCUT2D eigenvalue weighted by Gasteiger charge is -2.35. The maximum Gasteiger partial charge on any atom is 0.229 e. The molecule has 26 heavy (non-hydrogen) atoms. The first-order valence-corrected chi connectivity index (χ1v) is 8.66. The second-order valence-corrected chi connectivity index (χ2v) is 6.62. The van der Waals surface area contributed by atoms with Crippen LogP contribution in [0.15, 0.2) is 61.3 Å². The van der Waals surface area contributed by atoms with E-state index in [2.05, 4.69) is 15.3 Å². The fraction of sp³-hybridized carbons (Fsp3) is 0.250. The van der Waals surface area contributed by atoms with E-state index in [1.165, 1.54) is 12.1 Å². The summed E-state index contributed by atoms with van der Waals surface area (Å²) in [4.78, 5) is 20.9. The van der Waals surface area contributed by atoms with Crippen LogP contribution < -0.4 is 5.32 Å². The molecule has 0 spiro atoms. The number of halogens is 1. The molecule has 2 unspecified atom stereocenters. The highest BCUT2D eigenvalue weighted by Gasteiger charge is 2.37. The molecule has 5 nitrogen and oxygen atoms in total. The molecule has 2 aromatic heterocycles. The van der Waals surface area contributed by atoms with E-state index < -0.39 is 0 Å². The average molecular weight is 350 g/mol. The van der Waals surface area contributed by atoms with Crippen molar-refractivity contribution in [1.82, 2.24) is 14.5 Å². The number of hydrogen-bond acceptors (Lipinski definition) is 3. The molecule has 4 rings (SSSR count). The molecule has 1 amide bonds. The third-order valence-electron chi connectivity index (χ3n) is 4.91. The van der Waals surface area contributed by atoms with E-state index in [0.29, 0.717) is 12.4 Å². The molecular weight excluding hydrogens is 331 g/mol. The Morgan fingerprint density at radius 2 is 2.04 bits per heavy atom. The molecule has 2 atom stereocenters. The van der Waals surface area contributed by atoms with Gasteiger partial charge in [-0.2, -0.15) is 0 Å². The summed E-state index contributed by atoms with van der Waals surface area (Å²) in [5.41, 5.74) is 2.05. The van der Waals surface area contributed by atoms with E-state index in [9.17, 15) is 9.18 Å². The summed E-state index contributed by atoms with van der Waals surface area (Å²) >= 11 is 0. The van der Waals surface area contributed by atoms with Crippen LogP contribution in [0.5, 0.6) is 0 Å². The SMILES string of the molecule is O=C(Nc1ccc(Cn2ccnc2)cn1)C1CCC1c1ccc(F)cc1. The number of nitrogens with one attached hydrogen (secondary N) is 1. The van der Waals surface area contributed by atoms with Gasteiger partial charge in [-0.05, 0) is 48.1 Å². The normalized spacial score (nSPS) is 19.0. The zero-order valence-electron chi connectivity index (χ0n) is 14.2. The third kappa shape index (κ3) is 3.49. The molecule has 0 bridgehead atoms. The van der Waals surface area contributed by atoms with Gasteiger partial charge >= 0.3 is 0 Å². The lowest BCUT2D eigenvalue weighted by molar-refractivity contribution is -0.123. The summed E-state index contributed by atoms with van der Waals surface area (Å²) in [6.07, 6.45) is 8.92. The maximum absolute atomic E-state index is 13.1. The Kier molecular flexibility index (Phi) is 4.48. The summed E-state index contributed by atoms with van der Waals surface area (Å²) in [5.74, 6) is 0.327. The van der Waals surface area contributed by atoms with Crippen LogP contribution in [-0.2, 0) is 11.3 Å². The lowest BCUT2D eigenvalue weighted by Crippen LogP contribution is -2.35. The molecule has 6 heteroatoms. The molecule has 132 valence electrons. The minimum absolute atomic E-state index is 0.0274. The van der Waals surface area contributed by atoms with Crippen molar-refractivity contribution in [1.29, 1.82) is 0 Å². The van der Waals surface area contributed by atoms with Crippen molar-refractivity contribution in [3.05, 3.63) is 78.3 Å². The summed E-state index contributed by atoms with van der Waals surface area (Å²) in [7, 11) is 0. The van der Waals surface area contributed by atoms with Gasteiger partial charge < -0.3 is 9.88 Å². The fourth-order valence-electron chi connectivity index (χ4n) is 3.32. The minimum atomic E-state index is -0.256. The first kappa shape index (κ1) is 16.4. The number of amides is 1. The molecular formula is C20H19FN4O. The van der Waals surface area contributed by atoms with Crippen LogP contribution in [0.4, 0.5) is 10.2 Å². The Hall–Kier alpha value is -3.02. The van der Waals surface area contributed by atoms with Crippen molar-refractivity contribution in [3.8, 4) is 0 Å². The summed E-state index contributed by atoms with van der Waals surface area (Å²) in [6.45, 7) is 0.691. The van der Waals surface area contributed by atoms with Gasteiger partial charge in [0.1, 0.15) is 11.6 Å². The quantitative estimate of drug-likeness (QED) is 0.765. The smallest absolute Gasteiger partial charge is 0.229 e. The van der Waals surface area contributed by atoms with E-state index in [-0.39, 0.29) is 23.6 Å². The number of anilines is 1. The summed E-state index contributed by atoms with van der Waals surface area (Å²) < 4.78 is 15.0. The van der Waals surface area contributed by atoms with Gasteiger partial charge in [0, 0.05) is 31.1 Å². The lowest BCUT2D eigenvalue weighted by atomic mass is 9.69. The number of hydrogen-bond donors (Lipinski definition) is 1. The van der Waals surface area contributed by atoms with Gasteiger partial charge in [-0.1, -0.05) is 18.2 Å². The van der Waals surface area contributed by atoms with Crippen LogP contribution in [0.2, 0.25) is 0 Å². The maximum atomic E-state index is 13.1. The van der Waals surface area contributed by atoms with Crippen molar-refractivity contribution in [3.63, 3.8) is 0 Å². The van der Waals surface area contributed by atoms with E-state index in [0.717, 1.165) is 24.0 Å². The molecule has 1 saturated carbocycles. The number of carbonyl (C=O) groups is 1. The van der Waals surface area contributed by atoms with E-state index in [1.54, 1.807) is 30.9 Å². The fourth-order valence-corrected chi connectivity index (χ4v) is 3.32. The largest absolute Gasteiger partial charge is 0.333 e. The molecule has 3 aromatic rings. The van der Waals surface area contributed by atoms with Crippen LogP contribution in [-0.4, -0.2) is 20.4 Å². The van der Waals surface area contributed by atoms with E-state index in [4.69, 9.17) is 0 Å². The average Bonchev–Trinajstić information content (AvgIpc) is 3.11. The van der Waals surface area contributed by atoms with Gasteiger partial charge in [0.15, 0.2) is 0 Å². The van der Waals surface area contributed by atoms with Crippen LogP contribution in [0.3, 0.4) is 0 Å². The Balaban J connectivity index is 1.37. The Morgan fingerprint density at radius 3 is 2.65 bits per heavy atom. The number of pyridine rings is 1. The van der Waals surface area contributed by atoms with Gasteiger partial charge in [-0.25, -0.2) is 14.4 Å². The molecule has 1 aromatic carbocycles. The van der Waals surface area contributed by atoms with Crippen LogP contribution in [0.25, 0.3) is 0 Å². The van der Waals surface area contributed by atoms with Crippen LogP contribution in [0.1, 0.15) is 29.9 Å². The van der Waals surface area contributed by atoms with Crippen molar-refractivity contribution < 1.29 is 9.18 Å². The van der Waals surface area contributed by atoms with Crippen molar-refractivity contribution in [2.75, 3.05) is 5.32 Å². The Labute approximate surface area is 150 Å². The summed E-state index contributed by atoms with van der Waals surface area (Å²) in [6, 6.07) is 10.2. The number of nitrogens with zero attached hydrogens (tertiary/aromatic N) is 3. The van der Waals surface area contributed by atoms with E-state index >= 15 is 0 Å². The highest BCUT2D eigenvalue weighted by Crippen LogP contribution is 2.43. The second-order valence-electron chi connectivity index (χ2n) is 6.62. The highest BCUT2D eigenvalue weighted by molar-refractivity contribution is 5.93. The number of rotatable bonds is 5. The molecule has 0 saturated heterocycles. The first-order chi connectivity index (χ1) is 12.7. The van der Waals surface area contributed by atoms with Gasteiger partial charge in [0.25, 0.3) is 0 Å². The Morgan fingerprint density at radius 1 is 1.19 bits per heavy atom. The predicted octanol–water partition coefficient (Wildman–Crippen LogP) is 3.60. The van der Waals surface area contributed by atoms with Gasteiger partial charge in [-0.3, -0.25) is 4.79 Å². The summed E-state index contributed by atoms with van der Waals surface area (Å²) in [5, 5.41) is 2.90. The van der Waals surface area contributed by atoms with Crippen molar-refractivity contribution in [2.45, 2.75) is 25.3 Å². The van der Waals surface area contributed by atoms with Gasteiger partial charge in [-0.15, -0.1) is 0 Å². The third-order valence-corrected chi connectivity index (χ3v) is 4.91. The number of carbonyl (C=O) groups excluding carboxylic acids is 1. The molecule has 0 aliphatic heterocycles. The van der Waals surface area contributed by atoms with Gasteiger partial charge in [0.05, 0.1) is 6.33 Å². The van der Waals surface area contributed by atoms with E-state index in [1.807, 2.05) is 22.9 Å². The highest BCUT2D eigenvalue weighted by atomic mass is 19.1.